The van der Waals surface area contributed by atoms with Crippen LogP contribution in [0.5, 0.6) is 0 Å². The van der Waals surface area contributed by atoms with E-state index in [9.17, 15) is 4.79 Å². The Bertz CT molecular complexity index is 311. The molecule has 0 N–H and O–H groups in total. The molecule has 0 unspecified atom stereocenters. The minimum atomic E-state index is -0.299. The van der Waals surface area contributed by atoms with Crippen LogP contribution in [-0.4, -0.2) is 18.1 Å². The van der Waals surface area contributed by atoms with Crippen molar-refractivity contribution in [3.05, 3.63) is 14.5 Å². The summed E-state index contributed by atoms with van der Waals surface area (Å²) in [5.74, 6) is -0.299. The Balaban J connectivity index is 2.96. The number of hydrogen-bond acceptors (Lipinski definition) is 4. The molecular weight excluding hydrogens is 254 g/mol. The van der Waals surface area contributed by atoms with Crippen LogP contribution < -0.4 is 0 Å². The van der Waals surface area contributed by atoms with Gasteiger partial charge in [0.1, 0.15) is 4.88 Å². The molecule has 0 aliphatic heterocycles. The number of halogens is 1. The summed E-state index contributed by atoms with van der Waals surface area (Å²) in [6.45, 7) is 2.05. The summed E-state index contributed by atoms with van der Waals surface area (Å²) in [5.41, 5.74) is 0.825. The average Bonchev–Trinajstić information content (AvgIpc) is 2.46. The summed E-state index contributed by atoms with van der Waals surface area (Å²) in [6.07, 6.45) is 1.78. The summed E-state index contributed by atoms with van der Waals surface area (Å²) in [7, 11) is 1.38. The lowest BCUT2D eigenvalue weighted by molar-refractivity contribution is 0.0605. The summed E-state index contributed by atoms with van der Waals surface area (Å²) in [5, 5.41) is 0. The zero-order valence-electron chi connectivity index (χ0n) is 7.46. The molecule has 0 aliphatic rings. The Kier molecular flexibility index (Phi) is 3.87. The molecule has 0 fully saturated rings. The van der Waals surface area contributed by atoms with Gasteiger partial charge in [0.2, 0.25) is 0 Å². The van der Waals surface area contributed by atoms with Gasteiger partial charge in [0, 0.05) is 0 Å². The average molecular weight is 264 g/mol. The highest BCUT2D eigenvalue weighted by Crippen LogP contribution is 2.24. The van der Waals surface area contributed by atoms with Gasteiger partial charge in [-0.25, -0.2) is 9.78 Å². The fourth-order valence-electron chi connectivity index (χ4n) is 0.981. The van der Waals surface area contributed by atoms with E-state index in [4.69, 9.17) is 0 Å². The van der Waals surface area contributed by atoms with Crippen LogP contribution in [0.1, 0.15) is 28.7 Å². The van der Waals surface area contributed by atoms with E-state index < -0.39 is 0 Å². The predicted molar refractivity (Wildman–Crippen MR) is 55.1 cm³/mol. The number of aryl methyl sites for hydroxylation is 1. The number of ether oxygens (including phenoxy) is 1. The predicted octanol–water partition coefficient (Wildman–Crippen LogP) is 2.64. The van der Waals surface area contributed by atoms with E-state index in [1.165, 1.54) is 18.4 Å². The second-order valence-electron chi connectivity index (χ2n) is 2.48. The molecule has 0 aromatic carbocycles. The number of esters is 1. The molecule has 1 heterocycles. The smallest absolute Gasteiger partial charge is 0.350 e. The van der Waals surface area contributed by atoms with Crippen molar-refractivity contribution in [1.82, 2.24) is 4.98 Å². The fraction of sp³-hybridized carbons (Fsp3) is 0.500. The maximum Gasteiger partial charge on any atom is 0.350 e. The van der Waals surface area contributed by atoms with Crippen LogP contribution in [-0.2, 0) is 11.2 Å². The lowest BCUT2D eigenvalue weighted by Crippen LogP contribution is -2.02. The highest BCUT2D eigenvalue weighted by molar-refractivity contribution is 9.11. The van der Waals surface area contributed by atoms with Crippen LogP contribution in [0.4, 0.5) is 0 Å². The SMILES string of the molecule is CCCc1nc(Br)sc1C(=O)OC. The van der Waals surface area contributed by atoms with Crippen LogP contribution in [0.25, 0.3) is 0 Å². The molecule has 0 saturated heterocycles. The number of carbonyl (C=O) groups excluding carboxylic acids is 1. The van der Waals surface area contributed by atoms with Gasteiger partial charge in [0.15, 0.2) is 3.92 Å². The lowest BCUT2D eigenvalue weighted by Gasteiger charge is -1.97. The van der Waals surface area contributed by atoms with Crippen molar-refractivity contribution in [3.8, 4) is 0 Å². The van der Waals surface area contributed by atoms with Gasteiger partial charge in [0.25, 0.3) is 0 Å². The molecule has 0 aliphatic carbocycles. The molecular formula is C8H10BrNO2S. The minimum absolute atomic E-state index is 0.299. The van der Waals surface area contributed by atoms with Gasteiger partial charge in [-0.1, -0.05) is 24.7 Å². The molecule has 1 aromatic rings. The van der Waals surface area contributed by atoms with Gasteiger partial charge in [-0.2, -0.15) is 0 Å². The van der Waals surface area contributed by atoms with Crippen molar-refractivity contribution in [1.29, 1.82) is 0 Å². The van der Waals surface area contributed by atoms with Crippen molar-refractivity contribution in [2.45, 2.75) is 19.8 Å². The van der Waals surface area contributed by atoms with Gasteiger partial charge in [-0.05, 0) is 22.4 Å². The van der Waals surface area contributed by atoms with Gasteiger partial charge in [-0.15, -0.1) is 0 Å². The first-order chi connectivity index (χ1) is 6.19. The molecule has 72 valence electrons. The fourth-order valence-corrected chi connectivity index (χ4v) is 2.44. The van der Waals surface area contributed by atoms with E-state index >= 15 is 0 Å². The highest BCUT2D eigenvalue weighted by Gasteiger charge is 2.16. The maximum absolute atomic E-state index is 11.2. The molecule has 3 nitrogen and oxygen atoms in total. The minimum Gasteiger partial charge on any atom is -0.465 e. The second kappa shape index (κ2) is 4.72. The molecule has 0 spiro atoms. The molecule has 0 saturated carbocycles. The van der Waals surface area contributed by atoms with Crippen LogP contribution in [0, 0.1) is 0 Å². The summed E-state index contributed by atoms with van der Waals surface area (Å²) < 4.78 is 5.38. The van der Waals surface area contributed by atoms with Crippen molar-refractivity contribution in [3.63, 3.8) is 0 Å². The monoisotopic (exact) mass is 263 g/mol. The number of methoxy groups -OCH3 is 1. The molecule has 1 rings (SSSR count). The van der Waals surface area contributed by atoms with Gasteiger partial charge in [0.05, 0.1) is 12.8 Å². The van der Waals surface area contributed by atoms with E-state index in [2.05, 4.69) is 25.7 Å². The first-order valence-corrected chi connectivity index (χ1v) is 5.53. The standard InChI is InChI=1S/C8H10BrNO2S/c1-3-4-5-6(7(11)12-2)13-8(9)10-5/h3-4H2,1-2H3. The molecule has 13 heavy (non-hydrogen) atoms. The van der Waals surface area contributed by atoms with Crippen LogP contribution in [0.3, 0.4) is 0 Å². The Hall–Kier alpha value is -0.420. The lowest BCUT2D eigenvalue weighted by atomic mass is 10.2. The third-order valence-corrected chi connectivity index (χ3v) is 3.06. The van der Waals surface area contributed by atoms with Gasteiger partial charge in [-0.3, -0.25) is 0 Å². The summed E-state index contributed by atoms with van der Waals surface area (Å²) >= 11 is 4.57. The van der Waals surface area contributed by atoms with Gasteiger partial charge >= 0.3 is 5.97 Å². The van der Waals surface area contributed by atoms with Crippen LogP contribution in [0.15, 0.2) is 3.92 Å². The molecule has 0 amide bonds. The Labute approximate surface area is 89.3 Å². The summed E-state index contributed by atoms with van der Waals surface area (Å²) in [6, 6.07) is 0. The molecule has 0 atom stereocenters. The van der Waals surface area contributed by atoms with Gasteiger partial charge < -0.3 is 4.74 Å². The Morgan fingerprint density at radius 1 is 1.69 bits per heavy atom. The number of nitrogens with zero attached hydrogens (tertiary/aromatic N) is 1. The number of thiazole rings is 1. The quantitative estimate of drug-likeness (QED) is 0.788. The number of aromatic nitrogens is 1. The van der Waals surface area contributed by atoms with E-state index in [1.807, 2.05) is 6.92 Å². The van der Waals surface area contributed by atoms with Crippen molar-refractivity contribution >= 4 is 33.2 Å². The van der Waals surface area contributed by atoms with E-state index in [0.29, 0.717) is 4.88 Å². The van der Waals surface area contributed by atoms with Crippen molar-refractivity contribution < 1.29 is 9.53 Å². The van der Waals surface area contributed by atoms with Crippen LogP contribution in [0.2, 0.25) is 0 Å². The molecule has 0 bridgehead atoms. The van der Waals surface area contributed by atoms with Crippen molar-refractivity contribution in [2.24, 2.45) is 0 Å². The zero-order chi connectivity index (χ0) is 9.84. The number of carbonyl (C=O) groups is 1. The highest BCUT2D eigenvalue weighted by atomic mass is 79.9. The van der Waals surface area contributed by atoms with E-state index in [-0.39, 0.29) is 5.97 Å². The summed E-state index contributed by atoms with van der Waals surface area (Å²) in [4.78, 5) is 16.1. The third kappa shape index (κ3) is 2.51. The molecule has 0 radical (unpaired) electrons. The third-order valence-electron chi connectivity index (χ3n) is 1.53. The largest absolute Gasteiger partial charge is 0.465 e. The first-order valence-electron chi connectivity index (χ1n) is 3.92. The maximum atomic E-state index is 11.2. The Morgan fingerprint density at radius 2 is 2.38 bits per heavy atom. The second-order valence-corrected chi connectivity index (χ2v) is 4.76. The van der Waals surface area contributed by atoms with Crippen LogP contribution >= 0.6 is 27.3 Å². The van der Waals surface area contributed by atoms with Crippen molar-refractivity contribution in [2.75, 3.05) is 7.11 Å². The van der Waals surface area contributed by atoms with E-state index in [0.717, 1.165) is 22.5 Å². The Morgan fingerprint density at radius 3 is 2.92 bits per heavy atom. The normalized spacial score (nSPS) is 10.1. The number of hydrogen-bond donors (Lipinski definition) is 0. The molecule has 1 aromatic heterocycles. The zero-order valence-corrected chi connectivity index (χ0v) is 9.87. The van der Waals surface area contributed by atoms with E-state index in [1.54, 1.807) is 0 Å². The first kappa shape index (κ1) is 10.7. The number of rotatable bonds is 3. The molecule has 5 heteroatoms. The topological polar surface area (TPSA) is 39.2 Å².